The molecule has 0 spiro atoms. The Morgan fingerprint density at radius 1 is 1.50 bits per heavy atom. The molecule has 0 aliphatic heterocycles. The second kappa shape index (κ2) is 7.62. The molecule has 0 rings (SSSR count). The Kier molecular flexibility index (Phi) is 7.81. The maximum absolute atomic E-state index is 11.4. The zero-order valence-corrected chi connectivity index (χ0v) is 11.0. The van der Waals surface area contributed by atoms with Crippen LogP contribution >= 0.6 is 15.9 Å². The van der Waals surface area contributed by atoms with E-state index in [4.69, 9.17) is 4.74 Å². The van der Waals surface area contributed by atoms with E-state index in [2.05, 4.69) is 20.7 Å². The molecule has 1 N–H and O–H groups in total. The normalized spacial score (nSPS) is 14.2. The van der Waals surface area contributed by atoms with Crippen molar-refractivity contribution in [2.45, 2.75) is 25.8 Å². The summed E-state index contributed by atoms with van der Waals surface area (Å²) in [5.74, 6) is 0.176. The van der Waals surface area contributed by atoms with Crippen LogP contribution in [0.5, 0.6) is 0 Å². The summed E-state index contributed by atoms with van der Waals surface area (Å²) < 4.78 is 30.4. The van der Waals surface area contributed by atoms with Crippen LogP contribution in [0.1, 0.15) is 19.8 Å². The van der Waals surface area contributed by atoms with Gasteiger partial charge >= 0.3 is 0 Å². The van der Waals surface area contributed by atoms with E-state index in [1.807, 2.05) is 6.92 Å². The predicted molar refractivity (Wildman–Crippen MR) is 61.3 cm³/mol. The molecule has 0 radical (unpaired) electrons. The van der Waals surface area contributed by atoms with E-state index in [0.717, 1.165) is 11.8 Å². The van der Waals surface area contributed by atoms with Crippen molar-refractivity contribution in [1.82, 2.24) is 4.72 Å². The van der Waals surface area contributed by atoms with Gasteiger partial charge in [-0.05, 0) is 12.8 Å². The molecule has 0 saturated heterocycles. The smallest absolute Gasteiger partial charge is 0.211 e. The molecule has 0 aliphatic rings. The van der Waals surface area contributed by atoms with Crippen LogP contribution < -0.4 is 4.72 Å². The molecule has 14 heavy (non-hydrogen) atoms. The SMILES string of the molecule is CCCS(=O)(=O)NC(CCBr)COC. The summed E-state index contributed by atoms with van der Waals surface area (Å²) in [4.78, 5) is 0. The minimum absolute atomic E-state index is 0.129. The zero-order chi connectivity index (χ0) is 11.0. The highest BCUT2D eigenvalue weighted by Gasteiger charge is 2.16. The van der Waals surface area contributed by atoms with Crippen molar-refractivity contribution in [2.75, 3.05) is 24.8 Å². The van der Waals surface area contributed by atoms with E-state index in [-0.39, 0.29) is 11.8 Å². The quantitative estimate of drug-likeness (QED) is 0.681. The van der Waals surface area contributed by atoms with Gasteiger partial charge in [-0.2, -0.15) is 0 Å². The molecule has 6 heteroatoms. The van der Waals surface area contributed by atoms with Crippen LogP contribution in [0.15, 0.2) is 0 Å². The van der Waals surface area contributed by atoms with Gasteiger partial charge in [-0.25, -0.2) is 13.1 Å². The Morgan fingerprint density at radius 3 is 2.57 bits per heavy atom. The second-order valence-electron chi connectivity index (χ2n) is 3.07. The summed E-state index contributed by atoms with van der Waals surface area (Å²) in [6.45, 7) is 2.25. The largest absolute Gasteiger partial charge is 0.383 e. The van der Waals surface area contributed by atoms with E-state index >= 15 is 0 Å². The summed E-state index contributed by atoms with van der Waals surface area (Å²) in [6, 6.07) is -0.129. The summed E-state index contributed by atoms with van der Waals surface area (Å²) in [6.07, 6.45) is 1.36. The van der Waals surface area contributed by atoms with E-state index in [0.29, 0.717) is 13.0 Å². The first kappa shape index (κ1) is 14.3. The molecular formula is C8H18BrNO3S. The number of hydrogen-bond donors (Lipinski definition) is 1. The minimum atomic E-state index is -3.13. The number of methoxy groups -OCH3 is 1. The number of sulfonamides is 1. The minimum Gasteiger partial charge on any atom is -0.383 e. The number of hydrogen-bond acceptors (Lipinski definition) is 3. The molecule has 1 atom stereocenters. The maximum atomic E-state index is 11.4. The average molecular weight is 288 g/mol. The van der Waals surface area contributed by atoms with Crippen molar-refractivity contribution in [3.05, 3.63) is 0 Å². The molecule has 0 fully saturated rings. The number of ether oxygens (including phenoxy) is 1. The van der Waals surface area contributed by atoms with Gasteiger partial charge in [-0.15, -0.1) is 0 Å². The first-order chi connectivity index (χ1) is 6.55. The Morgan fingerprint density at radius 2 is 2.14 bits per heavy atom. The van der Waals surface area contributed by atoms with Gasteiger partial charge in [-0.1, -0.05) is 22.9 Å². The topological polar surface area (TPSA) is 55.4 Å². The van der Waals surface area contributed by atoms with Crippen molar-refractivity contribution in [3.63, 3.8) is 0 Å². The highest BCUT2D eigenvalue weighted by atomic mass is 79.9. The third-order valence-corrected chi connectivity index (χ3v) is 3.74. The van der Waals surface area contributed by atoms with Crippen molar-refractivity contribution in [3.8, 4) is 0 Å². The fourth-order valence-corrected chi connectivity index (χ4v) is 2.99. The number of alkyl halides is 1. The molecule has 0 aromatic heterocycles. The number of rotatable bonds is 8. The second-order valence-corrected chi connectivity index (χ2v) is 5.73. The standard InChI is InChI=1S/C8H18BrNO3S/c1-3-6-14(11,12)10-8(4-5-9)7-13-2/h8,10H,3-7H2,1-2H3. The molecular weight excluding hydrogens is 270 g/mol. The van der Waals surface area contributed by atoms with Gasteiger partial charge in [0.15, 0.2) is 0 Å². The Balaban J connectivity index is 4.13. The van der Waals surface area contributed by atoms with E-state index in [9.17, 15) is 8.42 Å². The Bertz CT molecular complexity index is 225. The van der Waals surface area contributed by atoms with Crippen LogP contribution in [0, 0.1) is 0 Å². The highest BCUT2D eigenvalue weighted by molar-refractivity contribution is 9.09. The summed E-state index contributed by atoms with van der Waals surface area (Å²) >= 11 is 3.28. The van der Waals surface area contributed by atoms with Crippen molar-refractivity contribution in [1.29, 1.82) is 0 Å². The lowest BCUT2D eigenvalue weighted by atomic mass is 10.3. The van der Waals surface area contributed by atoms with Crippen LogP contribution in [-0.2, 0) is 14.8 Å². The Labute approximate surface area is 94.6 Å². The van der Waals surface area contributed by atoms with Crippen LogP contribution in [0.4, 0.5) is 0 Å². The van der Waals surface area contributed by atoms with Crippen LogP contribution in [0.2, 0.25) is 0 Å². The van der Waals surface area contributed by atoms with Gasteiger partial charge in [-0.3, -0.25) is 0 Å². The number of nitrogens with one attached hydrogen (secondary N) is 1. The van der Waals surface area contributed by atoms with Gasteiger partial charge in [0, 0.05) is 18.5 Å². The van der Waals surface area contributed by atoms with Crippen LogP contribution in [0.25, 0.3) is 0 Å². The summed E-state index contributed by atoms with van der Waals surface area (Å²) in [7, 11) is -1.56. The van der Waals surface area contributed by atoms with Crippen molar-refractivity contribution >= 4 is 26.0 Å². The molecule has 0 heterocycles. The monoisotopic (exact) mass is 287 g/mol. The maximum Gasteiger partial charge on any atom is 0.211 e. The lowest BCUT2D eigenvalue weighted by molar-refractivity contribution is 0.173. The summed E-state index contributed by atoms with van der Waals surface area (Å²) in [5.41, 5.74) is 0. The van der Waals surface area contributed by atoms with E-state index in [1.165, 1.54) is 0 Å². The zero-order valence-electron chi connectivity index (χ0n) is 8.62. The fourth-order valence-electron chi connectivity index (χ4n) is 1.09. The molecule has 86 valence electrons. The lowest BCUT2D eigenvalue weighted by Gasteiger charge is -2.16. The molecule has 0 bridgehead atoms. The molecule has 0 saturated carbocycles. The molecule has 4 nitrogen and oxygen atoms in total. The first-order valence-electron chi connectivity index (χ1n) is 4.60. The first-order valence-corrected chi connectivity index (χ1v) is 7.38. The van der Waals surface area contributed by atoms with Crippen molar-refractivity contribution in [2.24, 2.45) is 0 Å². The van der Waals surface area contributed by atoms with Gasteiger partial charge < -0.3 is 4.74 Å². The van der Waals surface area contributed by atoms with E-state index < -0.39 is 10.0 Å². The fraction of sp³-hybridized carbons (Fsp3) is 1.00. The predicted octanol–water partition coefficient (Wildman–Crippen LogP) is 1.12. The van der Waals surface area contributed by atoms with Gasteiger partial charge in [0.1, 0.15) is 0 Å². The van der Waals surface area contributed by atoms with E-state index in [1.54, 1.807) is 7.11 Å². The van der Waals surface area contributed by atoms with Gasteiger partial charge in [0.2, 0.25) is 10.0 Å². The third kappa shape index (κ3) is 6.75. The molecule has 0 aromatic carbocycles. The van der Waals surface area contributed by atoms with Crippen molar-refractivity contribution < 1.29 is 13.2 Å². The van der Waals surface area contributed by atoms with Crippen LogP contribution in [-0.4, -0.2) is 39.3 Å². The molecule has 0 aromatic rings. The highest BCUT2D eigenvalue weighted by Crippen LogP contribution is 2.00. The molecule has 0 aliphatic carbocycles. The lowest BCUT2D eigenvalue weighted by Crippen LogP contribution is -2.39. The third-order valence-electron chi connectivity index (χ3n) is 1.64. The summed E-state index contributed by atoms with van der Waals surface area (Å²) in [5, 5.41) is 0.760. The average Bonchev–Trinajstić information content (AvgIpc) is 2.03. The van der Waals surface area contributed by atoms with Crippen LogP contribution in [0.3, 0.4) is 0 Å². The number of halogens is 1. The molecule has 1 unspecified atom stereocenters. The van der Waals surface area contributed by atoms with Gasteiger partial charge in [0.05, 0.1) is 12.4 Å². The molecule has 0 amide bonds. The van der Waals surface area contributed by atoms with Gasteiger partial charge in [0.25, 0.3) is 0 Å². The Hall–Kier alpha value is 0.350.